The van der Waals surface area contributed by atoms with Gasteiger partial charge in [-0.15, -0.1) is 5.10 Å². The molecule has 7 fully saturated rings. The van der Waals surface area contributed by atoms with E-state index in [1.165, 1.54) is 11.3 Å². The zero-order valence-corrected chi connectivity index (χ0v) is 36.1. The third-order valence-electron chi connectivity index (χ3n) is 16.1. The zero-order chi connectivity index (χ0) is 43.0. The monoisotopic (exact) mass is 851 g/mol. The van der Waals surface area contributed by atoms with Gasteiger partial charge in [0.15, 0.2) is 12.1 Å². The van der Waals surface area contributed by atoms with Gasteiger partial charge in [0.25, 0.3) is 11.8 Å². The molecule has 2 aromatic carbocycles. The zero-order valence-electron chi connectivity index (χ0n) is 36.1. The van der Waals surface area contributed by atoms with Crippen LogP contribution in [0.5, 0.6) is 0 Å². The minimum absolute atomic E-state index is 0.0167. The Kier molecular flexibility index (Phi) is 10.9. The molecule has 14 heteroatoms. The molecule has 3 saturated heterocycles. The van der Waals surface area contributed by atoms with Gasteiger partial charge < -0.3 is 34.1 Å². The number of fused-ring (bicyclic) bond motifs is 2. The fourth-order valence-corrected chi connectivity index (χ4v) is 13.5. The second-order valence-corrected chi connectivity index (χ2v) is 19.7. The molecule has 11 rings (SSSR count). The third-order valence-corrected chi connectivity index (χ3v) is 16.1. The van der Waals surface area contributed by atoms with E-state index < -0.39 is 47.3 Å². The van der Waals surface area contributed by atoms with Crippen LogP contribution in [0.3, 0.4) is 0 Å². The van der Waals surface area contributed by atoms with Crippen molar-refractivity contribution in [3.63, 3.8) is 0 Å². The highest BCUT2D eigenvalue weighted by molar-refractivity contribution is 6.26. The first-order chi connectivity index (χ1) is 30.0. The molecule has 8 aliphatic rings. The van der Waals surface area contributed by atoms with Crippen LogP contribution in [0.25, 0.3) is 10.8 Å². The molecule has 4 aliphatic carbocycles. The predicted molar refractivity (Wildman–Crippen MR) is 228 cm³/mol. The molecule has 332 valence electrons. The Hall–Kier alpha value is -4.05. The highest BCUT2D eigenvalue weighted by Crippen LogP contribution is 2.75. The van der Waals surface area contributed by atoms with E-state index in [0.29, 0.717) is 75.4 Å². The van der Waals surface area contributed by atoms with Gasteiger partial charge in [-0.05, 0) is 92.9 Å². The lowest BCUT2D eigenvalue weighted by atomic mass is 9.37. The summed E-state index contributed by atoms with van der Waals surface area (Å²) < 4.78 is 26.7. The number of aliphatic hydroxyl groups excluding tert-OH is 2. The average molecular weight is 852 g/mol. The van der Waals surface area contributed by atoms with Crippen molar-refractivity contribution in [2.45, 2.75) is 109 Å². The molecule has 62 heavy (non-hydrogen) atoms. The van der Waals surface area contributed by atoms with Crippen LogP contribution in [0.1, 0.15) is 98.0 Å². The highest BCUT2D eigenvalue weighted by Gasteiger charge is 2.81. The Morgan fingerprint density at radius 1 is 0.887 bits per heavy atom. The van der Waals surface area contributed by atoms with Gasteiger partial charge in [0.1, 0.15) is 0 Å². The number of ketones is 1. The SMILES string of the molecule is C=C1C(=O)[C@]23[C@H](O)[C@H]1C[C@H](O)[C@H]2[C@]12CCCC(C)(C)[C@H]1C[C@H]3O[C@H]2OCCCc1cn(CCOCCOCCN2C(=O)c3cccc4c(N5CCCCC5)ccc(c34)C2=O)nn1. The normalized spacial score (nSPS) is 33.4. The van der Waals surface area contributed by atoms with E-state index in [4.69, 9.17) is 18.9 Å². The lowest BCUT2D eigenvalue weighted by molar-refractivity contribution is -0.402. The van der Waals surface area contributed by atoms with Crippen molar-refractivity contribution in [3.8, 4) is 0 Å². The van der Waals surface area contributed by atoms with Crippen molar-refractivity contribution in [2.24, 2.45) is 34.0 Å². The van der Waals surface area contributed by atoms with E-state index in [2.05, 4.69) is 35.6 Å². The number of carbonyl (C=O) groups excluding carboxylic acids is 3. The summed E-state index contributed by atoms with van der Waals surface area (Å²) in [5.41, 5.74) is 1.74. The first-order valence-electron chi connectivity index (χ1n) is 23.1. The van der Waals surface area contributed by atoms with Crippen LogP contribution < -0.4 is 4.90 Å². The summed E-state index contributed by atoms with van der Waals surface area (Å²) in [4.78, 5) is 44.7. The first-order valence-corrected chi connectivity index (χ1v) is 23.1. The molecule has 4 aliphatic heterocycles. The number of aromatic nitrogens is 3. The summed E-state index contributed by atoms with van der Waals surface area (Å²) >= 11 is 0. The number of aliphatic hydroxyl groups is 2. The summed E-state index contributed by atoms with van der Waals surface area (Å²) in [6.07, 6.45) is 7.88. The molecule has 1 aromatic heterocycles. The molecule has 9 atom stereocenters. The highest BCUT2D eigenvalue weighted by atomic mass is 16.7. The number of nitrogens with zero attached hydrogens (tertiary/aromatic N) is 5. The van der Waals surface area contributed by atoms with E-state index in [-0.39, 0.29) is 42.1 Å². The summed E-state index contributed by atoms with van der Waals surface area (Å²) in [5, 5.41) is 33.8. The Balaban J connectivity index is 0.668. The van der Waals surface area contributed by atoms with Crippen LogP contribution in [0.15, 0.2) is 48.7 Å². The fourth-order valence-electron chi connectivity index (χ4n) is 13.5. The Morgan fingerprint density at radius 3 is 2.44 bits per heavy atom. The van der Waals surface area contributed by atoms with Crippen molar-refractivity contribution in [3.05, 3.63) is 65.5 Å². The summed E-state index contributed by atoms with van der Waals surface area (Å²) in [7, 11) is 0. The number of anilines is 1. The Morgan fingerprint density at radius 2 is 1.65 bits per heavy atom. The summed E-state index contributed by atoms with van der Waals surface area (Å²) in [6.45, 7) is 13.1. The maximum Gasteiger partial charge on any atom is 0.261 e. The Labute approximate surface area is 362 Å². The molecule has 2 spiro atoms. The Bertz CT molecular complexity index is 2230. The summed E-state index contributed by atoms with van der Waals surface area (Å²) in [6, 6.07) is 9.64. The number of hydrogen-bond acceptors (Lipinski definition) is 12. The number of Topliss-reactive ketones (excluding diaryl/α,β-unsaturated/α-hetero) is 1. The molecular formula is C48H61N5O9. The molecule has 0 unspecified atom stereocenters. The smallest absolute Gasteiger partial charge is 0.261 e. The number of amides is 2. The van der Waals surface area contributed by atoms with Crippen molar-refractivity contribution < 1.29 is 43.5 Å². The number of aryl methyl sites for hydroxylation is 1. The second-order valence-electron chi connectivity index (χ2n) is 19.7. The largest absolute Gasteiger partial charge is 0.393 e. The standard InChI is InChI=1S/C48H61N5O9/c1-29-34-26-36(54)40-47-16-9-15-46(2,3)37(47)27-38(48(40,41(29)55)42(34)56)62-45(47)61-21-8-10-30-28-52(50-49-30)19-22-59-24-25-60-23-20-53-43(57)32-12-7-11-31-35(51-17-5-4-6-18-51)14-13-33(39(31)32)44(53)58/h7,11-14,28,34,36-38,40,42,45,54,56H,1,4-6,8-10,15-27H2,2-3H3/t34-,36-,37+,38+,40-,42+,45+,47-,48+/m0/s1. The van der Waals surface area contributed by atoms with Gasteiger partial charge in [-0.3, -0.25) is 19.3 Å². The van der Waals surface area contributed by atoms with E-state index in [9.17, 15) is 24.6 Å². The van der Waals surface area contributed by atoms with Crippen molar-refractivity contribution in [1.82, 2.24) is 19.9 Å². The molecule has 5 heterocycles. The number of benzene rings is 2. The maximum absolute atomic E-state index is 14.0. The molecule has 14 nitrogen and oxygen atoms in total. The van der Waals surface area contributed by atoms with E-state index in [0.717, 1.165) is 67.3 Å². The van der Waals surface area contributed by atoms with Gasteiger partial charge in [0.2, 0.25) is 0 Å². The minimum atomic E-state index is -1.16. The molecular weight excluding hydrogens is 791 g/mol. The van der Waals surface area contributed by atoms with E-state index in [1.54, 1.807) is 4.68 Å². The van der Waals surface area contributed by atoms with Gasteiger partial charge in [0.05, 0.1) is 75.5 Å². The van der Waals surface area contributed by atoms with Crippen LogP contribution in [-0.4, -0.2) is 125 Å². The second kappa shape index (κ2) is 16.2. The van der Waals surface area contributed by atoms with Crippen LogP contribution in [-0.2, 0) is 36.7 Å². The predicted octanol–water partition coefficient (Wildman–Crippen LogP) is 5.12. The number of imide groups is 1. The molecule has 4 saturated carbocycles. The minimum Gasteiger partial charge on any atom is -0.393 e. The van der Waals surface area contributed by atoms with Crippen molar-refractivity contribution in [1.29, 1.82) is 0 Å². The van der Waals surface area contributed by atoms with Crippen LogP contribution in [0, 0.1) is 34.0 Å². The molecule has 4 bridgehead atoms. The van der Waals surface area contributed by atoms with Crippen molar-refractivity contribution in [2.75, 3.05) is 57.6 Å². The third kappa shape index (κ3) is 6.44. The van der Waals surface area contributed by atoms with Crippen molar-refractivity contribution >= 4 is 34.1 Å². The first kappa shape index (κ1) is 41.9. The van der Waals surface area contributed by atoms with Crippen LogP contribution in [0.2, 0.25) is 0 Å². The summed E-state index contributed by atoms with van der Waals surface area (Å²) in [5.74, 6) is -1.35. The average Bonchev–Trinajstić information content (AvgIpc) is 3.77. The number of carbonyl (C=O) groups is 3. The number of piperidine rings is 1. The van der Waals surface area contributed by atoms with Crippen LogP contribution >= 0.6 is 0 Å². The van der Waals surface area contributed by atoms with Gasteiger partial charge in [-0.1, -0.05) is 44.2 Å². The number of ether oxygens (including phenoxy) is 4. The number of hydrogen-bond donors (Lipinski definition) is 2. The van der Waals surface area contributed by atoms with Crippen LogP contribution in [0.4, 0.5) is 5.69 Å². The molecule has 3 aromatic rings. The molecule has 0 radical (unpaired) electrons. The quantitative estimate of drug-likeness (QED) is 0.118. The van der Waals surface area contributed by atoms with Gasteiger partial charge in [-0.2, -0.15) is 0 Å². The molecule has 2 amide bonds. The van der Waals surface area contributed by atoms with E-state index >= 15 is 0 Å². The topological polar surface area (TPSA) is 166 Å². The lowest BCUT2D eigenvalue weighted by Crippen LogP contribution is -2.78. The van der Waals surface area contributed by atoms with Gasteiger partial charge >= 0.3 is 0 Å². The lowest BCUT2D eigenvalue weighted by Gasteiger charge is -2.72. The fraction of sp³-hybridized carbons (Fsp3) is 0.646. The van der Waals surface area contributed by atoms with Gasteiger partial charge in [-0.25, -0.2) is 4.68 Å². The maximum atomic E-state index is 14.0. The van der Waals surface area contributed by atoms with Gasteiger partial charge in [0, 0.05) is 64.1 Å². The molecule has 2 N–H and O–H groups in total. The number of rotatable bonds is 15. The van der Waals surface area contributed by atoms with E-state index in [1.807, 2.05) is 36.5 Å².